The average molecular weight is 210 g/mol. The van der Waals surface area contributed by atoms with E-state index in [-0.39, 0.29) is 0 Å². The normalized spacial score (nSPS) is 10.8. The van der Waals surface area contributed by atoms with E-state index in [1.54, 1.807) is 12.5 Å². The maximum atomic E-state index is 5.77. The second kappa shape index (κ2) is 3.34. The van der Waals surface area contributed by atoms with Gasteiger partial charge in [-0.05, 0) is 5.56 Å². The highest BCUT2D eigenvalue weighted by Gasteiger charge is 2.08. The lowest BCUT2D eigenvalue weighted by Crippen LogP contribution is -1.92. The van der Waals surface area contributed by atoms with Crippen LogP contribution in [-0.4, -0.2) is 15.0 Å². The summed E-state index contributed by atoms with van der Waals surface area (Å²) in [5, 5.41) is 0. The fourth-order valence-corrected chi connectivity index (χ4v) is 1.78. The van der Waals surface area contributed by atoms with Crippen molar-refractivity contribution in [3.63, 3.8) is 0 Å². The molecule has 0 saturated carbocycles. The molecule has 1 aromatic carbocycles. The van der Waals surface area contributed by atoms with Crippen molar-refractivity contribution in [2.75, 3.05) is 5.73 Å². The second-order valence-corrected chi connectivity index (χ2v) is 3.55. The van der Waals surface area contributed by atoms with Crippen LogP contribution in [0, 0.1) is 0 Å². The van der Waals surface area contributed by atoms with Gasteiger partial charge in [0.15, 0.2) is 0 Å². The van der Waals surface area contributed by atoms with Gasteiger partial charge in [0.25, 0.3) is 0 Å². The van der Waals surface area contributed by atoms with Crippen molar-refractivity contribution < 1.29 is 0 Å². The molecule has 78 valence electrons. The number of nitrogens with zero attached hydrogens (tertiary/aromatic N) is 2. The van der Waals surface area contributed by atoms with Gasteiger partial charge in [-0.1, -0.05) is 30.3 Å². The van der Waals surface area contributed by atoms with Crippen molar-refractivity contribution in [1.29, 1.82) is 0 Å². The number of benzene rings is 1. The van der Waals surface area contributed by atoms with Crippen LogP contribution < -0.4 is 5.73 Å². The average Bonchev–Trinajstić information content (AvgIpc) is 2.81. The molecule has 0 bridgehead atoms. The molecule has 16 heavy (non-hydrogen) atoms. The number of aromatic amines is 1. The molecule has 4 nitrogen and oxygen atoms in total. The highest BCUT2D eigenvalue weighted by atomic mass is 14.9. The van der Waals surface area contributed by atoms with Crippen LogP contribution in [0.4, 0.5) is 5.82 Å². The van der Waals surface area contributed by atoms with Crippen LogP contribution in [0.5, 0.6) is 0 Å². The number of hydrogen-bond donors (Lipinski definition) is 2. The van der Waals surface area contributed by atoms with Crippen molar-refractivity contribution >= 4 is 16.9 Å². The van der Waals surface area contributed by atoms with Crippen molar-refractivity contribution in [2.45, 2.75) is 0 Å². The molecular formula is C12H10N4. The molecule has 4 heteroatoms. The monoisotopic (exact) mass is 210 g/mol. The Kier molecular flexibility index (Phi) is 1.86. The minimum absolute atomic E-state index is 0.479. The Morgan fingerprint density at radius 2 is 1.88 bits per heavy atom. The summed E-state index contributed by atoms with van der Waals surface area (Å²) in [4.78, 5) is 11.4. The summed E-state index contributed by atoms with van der Waals surface area (Å²) in [6.07, 6.45) is 3.39. The van der Waals surface area contributed by atoms with Gasteiger partial charge in [-0.25, -0.2) is 9.97 Å². The molecule has 3 N–H and O–H groups in total. The predicted molar refractivity (Wildman–Crippen MR) is 63.7 cm³/mol. The SMILES string of the molecule is Nc1ncc(-c2ccccc2)c2nc[nH]c12. The van der Waals surface area contributed by atoms with E-state index in [4.69, 9.17) is 5.73 Å². The molecule has 0 amide bonds. The van der Waals surface area contributed by atoms with Gasteiger partial charge in [0.2, 0.25) is 0 Å². The van der Waals surface area contributed by atoms with Gasteiger partial charge in [0, 0.05) is 11.8 Å². The van der Waals surface area contributed by atoms with E-state index in [0.717, 1.165) is 22.2 Å². The van der Waals surface area contributed by atoms with Gasteiger partial charge in [0.05, 0.1) is 6.33 Å². The van der Waals surface area contributed by atoms with E-state index < -0.39 is 0 Å². The summed E-state index contributed by atoms with van der Waals surface area (Å²) in [7, 11) is 0. The Bertz CT molecular complexity index is 628. The molecular weight excluding hydrogens is 200 g/mol. The third-order valence-electron chi connectivity index (χ3n) is 2.57. The summed E-state index contributed by atoms with van der Waals surface area (Å²) >= 11 is 0. The van der Waals surface area contributed by atoms with E-state index in [1.807, 2.05) is 30.3 Å². The molecule has 0 fully saturated rings. The predicted octanol–water partition coefficient (Wildman–Crippen LogP) is 2.21. The Morgan fingerprint density at radius 3 is 2.69 bits per heavy atom. The summed E-state index contributed by atoms with van der Waals surface area (Å²) in [6.45, 7) is 0. The molecule has 3 aromatic rings. The number of nitrogens with one attached hydrogen (secondary N) is 1. The van der Waals surface area contributed by atoms with Gasteiger partial charge in [-0.15, -0.1) is 0 Å². The van der Waals surface area contributed by atoms with Crippen LogP contribution in [0.1, 0.15) is 0 Å². The summed E-state index contributed by atoms with van der Waals surface area (Å²) in [6, 6.07) is 10.0. The zero-order valence-corrected chi connectivity index (χ0v) is 8.51. The highest BCUT2D eigenvalue weighted by molar-refractivity contribution is 5.96. The summed E-state index contributed by atoms with van der Waals surface area (Å²) in [5.74, 6) is 0.479. The quantitative estimate of drug-likeness (QED) is 0.647. The van der Waals surface area contributed by atoms with Crippen LogP contribution in [0.15, 0.2) is 42.9 Å². The van der Waals surface area contributed by atoms with Crippen LogP contribution in [0.25, 0.3) is 22.2 Å². The lowest BCUT2D eigenvalue weighted by molar-refractivity contribution is 1.33. The van der Waals surface area contributed by atoms with E-state index >= 15 is 0 Å². The third-order valence-corrected chi connectivity index (χ3v) is 2.57. The standard InChI is InChI=1S/C12H10N4/c13-12-11-10(15-7-16-11)9(6-14-12)8-4-2-1-3-5-8/h1-7H,(H2,13,14)(H,15,16). The number of pyridine rings is 1. The number of anilines is 1. The molecule has 0 aliphatic heterocycles. The van der Waals surface area contributed by atoms with Gasteiger partial charge in [0.1, 0.15) is 16.9 Å². The number of rotatable bonds is 1. The first-order chi connectivity index (χ1) is 7.86. The van der Waals surface area contributed by atoms with E-state index in [2.05, 4.69) is 15.0 Å². The lowest BCUT2D eigenvalue weighted by atomic mass is 10.1. The first kappa shape index (κ1) is 8.91. The number of fused-ring (bicyclic) bond motifs is 1. The number of nitrogen functional groups attached to an aromatic ring is 1. The number of nitrogens with two attached hydrogens (primary N) is 1. The van der Waals surface area contributed by atoms with Crippen molar-refractivity contribution in [3.05, 3.63) is 42.9 Å². The first-order valence-corrected chi connectivity index (χ1v) is 4.99. The van der Waals surface area contributed by atoms with Crippen LogP contribution in [-0.2, 0) is 0 Å². The second-order valence-electron chi connectivity index (χ2n) is 3.55. The zero-order chi connectivity index (χ0) is 11.0. The molecule has 0 aliphatic carbocycles. The fraction of sp³-hybridized carbons (Fsp3) is 0. The van der Waals surface area contributed by atoms with Crippen LogP contribution in [0.3, 0.4) is 0 Å². The molecule has 0 aliphatic rings. The maximum absolute atomic E-state index is 5.77. The molecule has 0 unspecified atom stereocenters. The van der Waals surface area contributed by atoms with E-state index in [9.17, 15) is 0 Å². The molecule has 0 radical (unpaired) electrons. The fourth-order valence-electron chi connectivity index (χ4n) is 1.78. The van der Waals surface area contributed by atoms with Crippen LogP contribution >= 0.6 is 0 Å². The van der Waals surface area contributed by atoms with Crippen molar-refractivity contribution in [3.8, 4) is 11.1 Å². The first-order valence-electron chi connectivity index (χ1n) is 4.99. The van der Waals surface area contributed by atoms with E-state index in [0.29, 0.717) is 5.82 Å². The Labute approximate surface area is 92.2 Å². The minimum Gasteiger partial charge on any atom is -0.382 e. The number of aromatic nitrogens is 3. The molecule has 3 rings (SSSR count). The Hall–Kier alpha value is -2.36. The highest BCUT2D eigenvalue weighted by Crippen LogP contribution is 2.27. The van der Waals surface area contributed by atoms with Crippen LogP contribution in [0.2, 0.25) is 0 Å². The van der Waals surface area contributed by atoms with Crippen molar-refractivity contribution in [2.24, 2.45) is 0 Å². The number of hydrogen-bond acceptors (Lipinski definition) is 3. The molecule has 0 spiro atoms. The molecule has 0 atom stereocenters. The topological polar surface area (TPSA) is 67.6 Å². The largest absolute Gasteiger partial charge is 0.382 e. The van der Waals surface area contributed by atoms with Gasteiger partial charge in [-0.2, -0.15) is 0 Å². The van der Waals surface area contributed by atoms with Gasteiger partial charge in [-0.3, -0.25) is 0 Å². The Morgan fingerprint density at radius 1 is 1.06 bits per heavy atom. The maximum Gasteiger partial charge on any atom is 0.149 e. The van der Waals surface area contributed by atoms with E-state index in [1.165, 1.54) is 0 Å². The lowest BCUT2D eigenvalue weighted by Gasteiger charge is -2.03. The molecule has 0 saturated heterocycles. The smallest absolute Gasteiger partial charge is 0.149 e. The number of H-pyrrole nitrogens is 1. The minimum atomic E-state index is 0.479. The zero-order valence-electron chi connectivity index (χ0n) is 8.51. The summed E-state index contributed by atoms with van der Waals surface area (Å²) < 4.78 is 0. The number of imidazole rings is 1. The summed E-state index contributed by atoms with van der Waals surface area (Å²) in [5.41, 5.74) is 9.50. The molecule has 2 heterocycles. The van der Waals surface area contributed by atoms with Gasteiger partial charge < -0.3 is 10.7 Å². The van der Waals surface area contributed by atoms with Crippen molar-refractivity contribution in [1.82, 2.24) is 15.0 Å². The van der Waals surface area contributed by atoms with Gasteiger partial charge >= 0.3 is 0 Å². The Balaban J connectivity index is 2.33. The molecule has 2 aromatic heterocycles. The third kappa shape index (κ3) is 1.24.